The monoisotopic (exact) mass is 186 g/mol. The molecule has 1 atom stereocenters. The molecule has 1 fully saturated rings. The fraction of sp³-hybridized carbons (Fsp3) is 0.889. The number of alkyl halides is 1. The van der Waals surface area contributed by atoms with Crippen LogP contribution in [0.4, 0.5) is 0 Å². The van der Waals surface area contributed by atoms with Crippen molar-refractivity contribution in [2.45, 2.75) is 37.1 Å². The van der Waals surface area contributed by atoms with Gasteiger partial charge < -0.3 is 4.90 Å². The number of hydrogen-bond acceptors (Lipinski definition) is 2. The highest BCUT2D eigenvalue weighted by atomic mass is 35.5. The van der Waals surface area contributed by atoms with Crippen LogP contribution in [-0.4, -0.2) is 29.9 Å². The van der Waals surface area contributed by atoms with Crippen LogP contribution in [0.3, 0.4) is 0 Å². The van der Waals surface area contributed by atoms with E-state index in [1.807, 2.05) is 6.07 Å². The normalized spacial score (nSPS) is 21.2. The maximum Gasteiger partial charge on any atom is 0.133 e. The van der Waals surface area contributed by atoms with Crippen molar-refractivity contribution < 1.29 is 0 Å². The van der Waals surface area contributed by atoms with Gasteiger partial charge in [-0.25, -0.2) is 0 Å². The first-order valence-corrected chi connectivity index (χ1v) is 4.91. The predicted molar refractivity (Wildman–Crippen MR) is 50.1 cm³/mol. The summed E-state index contributed by atoms with van der Waals surface area (Å²) in [6.07, 6.45) is 5.19. The third kappa shape index (κ3) is 2.66. The number of hydrogen-bond donors (Lipinski definition) is 0. The highest BCUT2D eigenvalue weighted by Gasteiger charge is 2.20. The first-order chi connectivity index (χ1) is 5.74. The lowest BCUT2D eigenvalue weighted by Crippen LogP contribution is -2.33. The second-order valence-electron chi connectivity index (χ2n) is 3.47. The Morgan fingerprint density at radius 2 is 2.17 bits per heavy atom. The quantitative estimate of drug-likeness (QED) is 0.631. The van der Waals surface area contributed by atoms with Gasteiger partial charge in [0.25, 0.3) is 0 Å². The van der Waals surface area contributed by atoms with E-state index in [1.165, 1.54) is 25.7 Å². The number of halogens is 1. The molecule has 0 aromatic rings. The zero-order valence-corrected chi connectivity index (χ0v) is 8.22. The fourth-order valence-electron chi connectivity index (χ4n) is 1.79. The van der Waals surface area contributed by atoms with Gasteiger partial charge in [0.1, 0.15) is 5.38 Å². The Morgan fingerprint density at radius 1 is 1.58 bits per heavy atom. The Morgan fingerprint density at radius 3 is 2.67 bits per heavy atom. The molecular weight excluding hydrogens is 172 g/mol. The van der Waals surface area contributed by atoms with Crippen molar-refractivity contribution >= 4 is 11.6 Å². The van der Waals surface area contributed by atoms with Gasteiger partial charge in [-0.2, -0.15) is 5.26 Å². The summed E-state index contributed by atoms with van der Waals surface area (Å²) in [7, 11) is 2.06. The molecule has 0 spiro atoms. The molecule has 0 bridgehead atoms. The third-order valence-electron chi connectivity index (χ3n) is 2.54. The molecule has 0 heterocycles. The minimum atomic E-state index is -0.351. The largest absolute Gasteiger partial charge is 0.301 e. The molecule has 0 N–H and O–H groups in total. The molecule has 12 heavy (non-hydrogen) atoms. The van der Waals surface area contributed by atoms with Gasteiger partial charge in [-0.3, -0.25) is 0 Å². The highest BCUT2D eigenvalue weighted by molar-refractivity contribution is 6.22. The van der Waals surface area contributed by atoms with Crippen molar-refractivity contribution in [3.05, 3.63) is 0 Å². The Hall–Kier alpha value is -0.260. The fourth-order valence-corrected chi connectivity index (χ4v) is 2.01. The first kappa shape index (κ1) is 9.83. The highest BCUT2D eigenvalue weighted by Crippen LogP contribution is 2.22. The second kappa shape index (κ2) is 4.69. The molecule has 1 unspecified atom stereocenters. The molecule has 68 valence electrons. The van der Waals surface area contributed by atoms with Crippen LogP contribution in [0.15, 0.2) is 0 Å². The smallest absolute Gasteiger partial charge is 0.133 e. The molecule has 0 aliphatic heterocycles. The Bertz CT molecular complexity index is 170. The standard InChI is InChI=1S/C9H15ClN2/c1-12(7-8(10)6-11)9-4-2-3-5-9/h8-9H,2-5,7H2,1H3. The summed E-state index contributed by atoms with van der Waals surface area (Å²) >= 11 is 5.74. The summed E-state index contributed by atoms with van der Waals surface area (Å²) in [6, 6.07) is 2.71. The average Bonchev–Trinajstić information content (AvgIpc) is 2.56. The van der Waals surface area contributed by atoms with Crippen molar-refractivity contribution in [3.8, 4) is 6.07 Å². The molecule has 0 radical (unpaired) electrons. The molecule has 0 saturated heterocycles. The van der Waals surface area contributed by atoms with Gasteiger partial charge in [0, 0.05) is 12.6 Å². The minimum Gasteiger partial charge on any atom is -0.301 e. The molecule has 1 aliphatic carbocycles. The van der Waals surface area contributed by atoms with Gasteiger partial charge in [-0.1, -0.05) is 12.8 Å². The van der Waals surface area contributed by atoms with Gasteiger partial charge in [0.15, 0.2) is 0 Å². The van der Waals surface area contributed by atoms with E-state index in [9.17, 15) is 0 Å². The number of nitriles is 1. The summed E-state index contributed by atoms with van der Waals surface area (Å²) < 4.78 is 0. The van der Waals surface area contributed by atoms with E-state index in [2.05, 4.69) is 11.9 Å². The maximum atomic E-state index is 8.52. The second-order valence-corrected chi connectivity index (χ2v) is 4.00. The SMILES string of the molecule is CN(CC(Cl)C#N)C1CCCC1. The van der Waals surface area contributed by atoms with Crippen LogP contribution in [-0.2, 0) is 0 Å². The van der Waals surface area contributed by atoms with Crippen LogP contribution in [0, 0.1) is 11.3 Å². The molecule has 1 saturated carbocycles. The average molecular weight is 187 g/mol. The number of rotatable bonds is 3. The molecule has 0 aromatic heterocycles. The van der Waals surface area contributed by atoms with Crippen molar-refractivity contribution in [1.82, 2.24) is 4.90 Å². The van der Waals surface area contributed by atoms with Crippen LogP contribution >= 0.6 is 11.6 Å². The minimum absolute atomic E-state index is 0.351. The van der Waals surface area contributed by atoms with Crippen LogP contribution < -0.4 is 0 Å². The van der Waals surface area contributed by atoms with Crippen molar-refractivity contribution in [2.75, 3.05) is 13.6 Å². The molecule has 1 aliphatic rings. The van der Waals surface area contributed by atoms with Crippen LogP contribution in [0.2, 0.25) is 0 Å². The summed E-state index contributed by atoms with van der Waals surface area (Å²) in [6.45, 7) is 0.697. The Kier molecular flexibility index (Phi) is 3.84. The Labute approximate surface area is 79.1 Å². The van der Waals surface area contributed by atoms with Gasteiger partial charge in [0.05, 0.1) is 6.07 Å². The lowest BCUT2D eigenvalue weighted by atomic mass is 10.2. The maximum absolute atomic E-state index is 8.52. The summed E-state index contributed by atoms with van der Waals surface area (Å²) in [5, 5.41) is 8.17. The zero-order chi connectivity index (χ0) is 8.97. The molecule has 1 rings (SSSR count). The van der Waals surface area contributed by atoms with E-state index in [0.717, 1.165) is 0 Å². The van der Waals surface area contributed by atoms with Crippen LogP contribution in [0.25, 0.3) is 0 Å². The summed E-state index contributed by atoms with van der Waals surface area (Å²) in [4.78, 5) is 2.22. The van der Waals surface area contributed by atoms with E-state index >= 15 is 0 Å². The summed E-state index contributed by atoms with van der Waals surface area (Å²) in [5.74, 6) is 0. The Balaban J connectivity index is 2.27. The molecule has 0 amide bonds. The van der Waals surface area contributed by atoms with Crippen molar-refractivity contribution in [3.63, 3.8) is 0 Å². The topological polar surface area (TPSA) is 27.0 Å². The van der Waals surface area contributed by atoms with E-state index in [1.54, 1.807) is 0 Å². The molecule has 3 heteroatoms. The molecular formula is C9H15ClN2. The van der Waals surface area contributed by atoms with E-state index in [4.69, 9.17) is 16.9 Å². The van der Waals surface area contributed by atoms with Crippen LogP contribution in [0.5, 0.6) is 0 Å². The summed E-state index contributed by atoms with van der Waals surface area (Å²) in [5.41, 5.74) is 0. The van der Waals surface area contributed by atoms with Crippen molar-refractivity contribution in [1.29, 1.82) is 5.26 Å². The molecule has 2 nitrogen and oxygen atoms in total. The van der Waals surface area contributed by atoms with Gasteiger partial charge in [-0.05, 0) is 19.9 Å². The first-order valence-electron chi connectivity index (χ1n) is 4.48. The lowest BCUT2D eigenvalue weighted by Gasteiger charge is -2.23. The van der Waals surface area contributed by atoms with Gasteiger partial charge in [0.2, 0.25) is 0 Å². The van der Waals surface area contributed by atoms with Gasteiger partial charge in [-0.15, -0.1) is 11.6 Å². The van der Waals surface area contributed by atoms with E-state index in [-0.39, 0.29) is 5.38 Å². The zero-order valence-electron chi connectivity index (χ0n) is 7.46. The van der Waals surface area contributed by atoms with Gasteiger partial charge >= 0.3 is 0 Å². The molecule has 0 aromatic carbocycles. The van der Waals surface area contributed by atoms with Crippen molar-refractivity contribution in [2.24, 2.45) is 0 Å². The number of nitrogens with zero attached hydrogens (tertiary/aromatic N) is 2. The van der Waals surface area contributed by atoms with Crippen LogP contribution in [0.1, 0.15) is 25.7 Å². The predicted octanol–water partition coefficient (Wildman–Crippen LogP) is 1.99. The van der Waals surface area contributed by atoms with E-state index < -0.39 is 0 Å². The lowest BCUT2D eigenvalue weighted by molar-refractivity contribution is 0.252. The third-order valence-corrected chi connectivity index (χ3v) is 2.77. The van der Waals surface area contributed by atoms with E-state index in [0.29, 0.717) is 12.6 Å².